The number of nitrogens with zero attached hydrogens (tertiary/aromatic N) is 1. The molecule has 0 aromatic heterocycles. The van der Waals surface area contributed by atoms with Crippen LogP contribution in [-0.4, -0.2) is 25.4 Å². The van der Waals surface area contributed by atoms with Crippen molar-refractivity contribution in [2.24, 2.45) is 0 Å². The van der Waals surface area contributed by atoms with E-state index < -0.39 is 36.9 Å². The maximum Gasteiger partial charge on any atom is 0.405 e. The van der Waals surface area contributed by atoms with Crippen LogP contribution in [0.5, 0.6) is 5.75 Å². The van der Waals surface area contributed by atoms with Crippen molar-refractivity contribution in [2.75, 3.05) is 17.2 Å². The van der Waals surface area contributed by atoms with Gasteiger partial charge in [-0.1, -0.05) is 0 Å². The number of ether oxygens (including phenoxy) is 1. The Hall–Kier alpha value is -1.80. The topological polar surface area (TPSA) is 38.5 Å². The van der Waals surface area contributed by atoms with Crippen molar-refractivity contribution in [2.45, 2.75) is 31.7 Å². The zero-order valence-electron chi connectivity index (χ0n) is 10.6. The zero-order valence-corrected chi connectivity index (χ0v) is 10.6. The van der Waals surface area contributed by atoms with Crippen molar-refractivity contribution in [3.63, 3.8) is 0 Å². The molecule has 3 nitrogen and oxygen atoms in total. The first kappa shape index (κ1) is 15.6. The minimum atomic E-state index is -4.49. The molecule has 9 heteroatoms. The molecule has 0 spiro atoms. The Labute approximate surface area is 116 Å². The van der Waals surface area contributed by atoms with E-state index in [0.29, 0.717) is 18.9 Å². The number of anilines is 2. The number of nitrogens with two attached hydrogens (primary N) is 1. The summed E-state index contributed by atoms with van der Waals surface area (Å²) in [6.45, 7) is -4.57. The van der Waals surface area contributed by atoms with E-state index in [2.05, 4.69) is 4.74 Å². The first-order chi connectivity index (χ1) is 9.67. The second-order valence-corrected chi connectivity index (χ2v) is 4.69. The Bertz CT molecular complexity index is 515. The summed E-state index contributed by atoms with van der Waals surface area (Å²) in [6.07, 6.45) is -3.44. The lowest BCUT2D eigenvalue weighted by molar-refractivity contribution is -0.120. The van der Waals surface area contributed by atoms with Gasteiger partial charge in [0.15, 0.2) is 11.6 Å². The van der Waals surface area contributed by atoms with Crippen LogP contribution < -0.4 is 15.4 Å². The summed E-state index contributed by atoms with van der Waals surface area (Å²) in [5.41, 5.74) is 5.10. The number of nitrogen functional groups attached to an aromatic ring is 1. The van der Waals surface area contributed by atoms with Gasteiger partial charge in [-0.15, -0.1) is 0 Å². The van der Waals surface area contributed by atoms with E-state index in [0.717, 1.165) is 11.0 Å². The van der Waals surface area contributed by atoms with Gasteiger partial charge in [0.2, 0.25) is 0 Å². The van der Waals surface area contributed by atoms with E-state index in [4.69, 9.17) is 5.73 Å². The van der Waals surface area contributed by atoms with Gasteiger partial charge >= 0.3 is 12.8 Å². The van der Waals surface area contributed by atoms with Gasteiger partial charge in [0, 0.05) is 18.2 Å². The lowest BCUT2D eigenvalue weighted by Gasteiger charge is -2.27. The Morgan fingerprint density at radius 2 is 1.90 bits per heavy atom. The highest BCUT2D eigenvalue weighted by Gasteiger charge is 2.39. The average molecular weight is 314 g/mol. The lowest BCUT2D eigenvalue weighted by atomic mass is 10.2. The van der Waals surface area contributed by atoms with E-state index in [-0.39, 0.29) is 11.4 Å². The van der Waals surface area contributed by atoms with Crippen molar-refractivity contribution in [1.29, 1.82) is 0 Å². The highest BCUT2D eigenvalue weighted by atomic mass is 19.4. The van der Waals surface area contributed by atoms with E-state index in [1.807, 2.05) is 0 Å². The molecule has 0 radical (unpaired) electrons. The van der Waals surface area contributed by atoms with Gasteiger partial charge < -0.3 is 15.4 Å². The molecule has 1 aromatic rings. The monoisotopic (exact) mass is 314 g/mol. The molecule has 1 aliphatic rings. The molecule has 0 amide bonds. The van der Waals surface area contributed by atoms with Crippen LogP contribution in [0.15, 0.2) is 12.1 Å². The van der Waals surface area contributed by atoms with Crippen LogP contribution in [0.25, 0.3) is 0 Å². The van der Waals surface area contributed by atoms with Crippen LogP contribution in [0.4, 0.5) is 37.7 Å². The summed E-state index contributed by atoms with van der Waals surface area (Å²) >= 11 is 0. The highest BCUT2D eigenvalue weighted by molar-refractivity contribution is 5.71. The van der Waals surface area contributed by atoms with Crippen molar-refractivity contribution in [1.82, 2.24) is 0 Å². The molecule has 2 N–H and O–H groups in total. The summed E-state index contributed by atoms with van der Waals surface area (Å²) < 4.78 is 79.5. The highest BCUT2D eigenvalue weighted by Crippen LogP contribution is 2.39. The molecule has 1 fully saturated rings. The van der Waals surface area contributed by atoms with Crippen LogP contribution >= 0.6 is 0 Å². The fourth-order valence-electron chi connectivity index (χ4n) is 1.98. The summed E-state index contributed by atoms with van der Waals surface area (Å²) in [6, 6.07) is 1.07. The largest absolute Gasteiger partial charge is 0.432 e. The smallest absolute Gasteiger partial charge is 0.405 e. The molecule has 0 atom stereocenters. The molecule has 0 saturated heterocycles. The Balaban J connectivity index is 2.35. The van der Waals surface area contributed by atoms with Crippen LogP contribution in [0.2, 0.25) is 0 Å². The first-order valence-corrected chi connectivity index (χ1v) is 6.04. The number of rotatable bonds is 5. The van der Waals surface area contributed by atoms with Crippen molar-refractivity contribution < 1.29 is 31.1 Å². The SMILES string of the molecule is Nc1cc(F)c(OC(F)F)cc1N(CC(F)(F)F)C1CC1. The third kappa shape index (κ3) is 4.08. The van der Waals surface area contributed by atoms with Crippen molar-refractivity contribution >= 4 is 11.4 Å². The maximum absolute atomic E-state index is 13.4. The summed E-state index contributed by atoms with van der Waals surface area (Å²) in [5, 5.41) is 0. The Morgan fingerprint density at radius 1 is 1.29 bits per heavy atom. The van der Waals surface area contributed by atoms with Gasteiger partial charge in [-0.3, -0.25) is 0 Å². The van der Waals surface area contributed by atoms with Gasteiger partial charge in [-0.25, -0.2) is 4.39 Å². The predicted octanol–water partition coefficient (Wildman–Crippen LogP) is 3.54. The molecule has 118 valence electrons. The molecule has 1 aliphatic carbocycles. The zero-order chi connectivity index (χ0) is 15.8. The number of hydrogen-bond donors (Lipinski definition) is 1. The quantitative estimate of drug-likeness (QED) is 0.667. The van der Waals surface area contributed by atoms with Gasteiger partial charge in [-0.2, -0.15) is 22.0 Å². The van der Waals surface area contributed by atoms with Crippen LogP contribution in [0, 0.1) is 5.82 Å². The molecule has 0 bridgehead atoms. The van der Waals surface area contributed by atoms with Crippen LogP contribution in [0.3, 0.4) is 0 Å². The van der Waals surface area contributed by atoms with Gasteiger partial charge in [0.1, 0.15) is 6.54 Å². The summed E-state index contributed by atoms with van der Waals surface area (Å²) in [4.78, 5) is 0.938. The molecule has 0 heterocycles. The first-order valence-electron chi connectivity index (χ1n) is 6.04. The van der Waals surface area contributed by atoms with Crippen molar-refractivity contribution in [3.05, 3.63) is 17.9 Å². The van der Waals surface area contributed by atoms with Gasteiger partial charge in [-0.05, 0) is 12.8 Å². The second-order valence-electron chi connectivity index (χ2n) is 4.69. The standard InChI is InChI=1S/C12H12F6N2O/c13-7-3-8(19)9(4-10(7)21-11(14)15)20(6-1-2-6)5-12(16,17)18/h3-4,6,11H,1-2,5,19H2. The lowest BCUT2D eigenvalue weighted by Crippen LogP contribution is -2.36. The number of hydrogen-bond acceptors (Lipinski definition) is 3. The maximum atomic E-state index is 13.4. The van der Waals surface area contributed by atoms with Gasteiger partial charge in [0.05, 0.1) is 11.4 Å². The second kappa shape index (κ2) is 5.53. The molecule has 0 aliphatic heterocycles. The van der Waals surface area contributed by atoms with E-state index >= 15 is 0 Å². The molecule has 0 unspecified atom stereocenters. The number of benzene rings is 1. The van der Waals surface area contributed by atoms with Crippen LogP contribution in [-0.2, 0) is 0 Å². The minimum absolute atomic E-state index is 0.160. The molecular weight excluding hydrogens is 302 g/mol. The fourth-order valence-corrected chi connectivity index (χ4v) is 1.98. The molecule has 2 rings (SSSR count). The Kier molecular flexibility index (Phi) is 4.11. The third-order valence-corrected chi connectivity index (χ3v) is 2.94. The molecular formula is C12H12F6N2O. The number of halogens is 6. The van der Waals surface area contributed by atoms with Crippen molar-refractivity contribution in [3.8, 4) is 5.75 Å². The summed E-state index contributed by atoms with van der Waals surface area (Å²) in [5.74, 6) is -1.98. The number of alkyl halides is 5. The summed E-state index contributed by atoms with van der Waals surface area (Å²) in [7, 11) is 0. The van der Waals surface area contributed by atoms with E-state index in [1.165, 1.54) is 0 Å². The van der Waals surface area contributed by atoms with E-state index in [9.17, 15) is 26.3 Å². The average Bonchev–Trinajstić information content (AvgIpc) is 3.12. The predicted molar refractivity (Wildman–Crippen MR) is 63.9 cm³/mol. The fraction of sp³-hybridized carbons (Fsp3) is 0.500. The van der Waals surface area contributed by atoms with Crippen LogP contribution in [0.1, 0.15) is 12.8 Å². The third-order valence-electron chi connectivity index (χ3n) is 2.94. The van der Waals surface area contributed by atoms with Gasteiger partial charge in [0.25, 0.3) is 0 Å². The molecule has 21 heavy (non-hydrogen) atoms. The Morgan fingerprint density at radius 3 is 2.38 bits per heavy atom. The molecule has 1 saturated carbocycles. The molecule has 1 aromatic carbocycles. The van der Waals surface area contributed by atoms with E-state index in [1.54, 1.807) is 0 Å². The minimum Gasteiger partial charge on any atom is -0.432 e. The normalized spacial score (nSPS) is 15.4.